The second kappa shape index (κ2) is 60.9. The number of aliphatic hydroxyl groups is 2. The average molecular weight is 1000 g/mol. The number of hydrogen-bond donors (Lipinski definition) is 3. The van der Waals surface area contributed by atoms with Crippen LogP contribution in [0.1, 0.15) is 354 Å². The molecule has 0 aliphatic heterocycles. The van der Waals surface area contributed by atoms with E-state index in [0.717, 1.165) is 77.0 Å². The van der Waals surface area contributed by atoms with E-state index in [1.807, 2.05) is 0 Å². The molecule has 0 saturated heterocycles. The SMILES string of the molecule is CCCCCCCCCCCCCCCCCCCCCCCCCC(O)C(CO)NC(=O)CCCCCCCC/C=C\C=C/CCCCCOC(=O)CCCCCCCCCCCCCCCCCC. The smallest absolute Gasteiger partial charge is 0.305 e. The zero-order valence-electron chi connectivity index (χ0n) is 48.0. The number of nitrogens with one attached hydrogen (secondary N) is 1. The lowest BCUT2D eigenvalue weighted by molar-refractivity contribution is -0.143. The van der Waals surface area contributed by atoms with Crippen LogP contribution < -0.4 is 5.32 Å². The summed E-state index contributed by atoms with van der Waals surface area (Å²) < 4.78 is 5.46. The molecule has 0 rings (SSSR count). The Kier molecular flexibility index (Phi) is 59.5. The molecule has 420 valence electrons. The van der Waals surface area contributed by atoms with E-state index in [9.17, 15) is 19.8 Å². The quantitative estimate of drug-likeness (QED) is 0.0320. The monoisotopic (exact) mass is 1000 g/mol. The number of amides is 1. The molecule has 6 nitrogen and oxygen atoms in total. The van der Waals surface area contributed by atoms with Crippen LogP contribution in [0.3, 0.4) is 0 Å². The summed E-state index contributed by atoms with van der Waals surface area (Å²) in [6.45, 7) is 4.93. The maximum Gasteiger partial charge on any atom is 0.305 e. The van der Waals surface area contributed by atoms with Gasteiger partial charge in [0.1, 0.15) is 0 Å². The molecule has 2 atom stereocenters. The number of hydrogen-bond acceptors (Lipinski definition) is 5. The molecule has 0 aromatic carbocycles. The Morgan fingerprint density at radius 3 is 1.04 bits per heavy atom. The number of carbonyl (C=O) groups excluding carboxylic acids is 2. The van der Waals surface area contributed by atoms with Crippen LogP contribution in [0.4, 0.5) is 0 Å². The fourth-order valence-electron chi connectivity index (χ4n) is 10.1. The predicted octanol–water partition coefficient (Wildman–Crippen LogP) is 20.2. The molecule has 0 radical (unpaired) electrons. The Hall–Kier alpha value is -1.66. The Balaban J connectivity index is 3.49. The molecule has 0 aliphatic rings. The molecule has 0 bridgehead atoms. The second-order valence-electron chi connectivity index (χ2n) is 22.1. The number of carbonyl (C=O) groups is 2. The Morgan fingerprint density at radius 2 is 0.690 bits per heavy atom. The molecular weight excluding hydrogens is 875 g/mol. The highest BCUT2D eigenvalue weighted by Crippen LogP contribution is 2.18. The van der Waals surface area contributed by atoms with Crippen molar-refractivity contribution in [3.8, 4) is 0 Å². The number of ether oxygens (including phenoxy) is 1. The van der Waals surface area contributed by atoms with Crippen LogP contribution in [-0.2, 0) is 14.3 Å². The minimum atomic E-state index is -0.680. The molecule has 71 heavy (non-hydrogen) atoms. The van der Waals surface area contributed by atoms with Gasteiger partial charge in [-0.25, -0.2) is 0 Å². The first-order valence-electron chi connectivity index (χ1n) is 32.1. The number of esters is 1. The van der Waals surface area contributed by atoms with Crippen molar-refractivity contribution in [3.63, 3.8) is 0 Å². The van der Waals surface area contributed by atoms with Gasteiger partial charge in [0.2, 0.25) is 5.91 Å². The van der Waals surface area contributed by atoms with Crippen LogP contribution in [0, 0.1) is 0 Å². The highest BCUT2D eigenvalue weighted by Gasteiger charge is 2.20. The van der Waals surface area contributed by atoms with Crippen molar-refractivity contribution >= 4 is 11.9 Å². The highest BCUT2D eigenvalue weighted by molar-refractivity contribution is 5.76. The molecule has 0 spiro atoms. The van der Waals surface area contributed by atoms with Gasteiger partial charge in [0.15, 0.2) is 0 Å². The van der Waals surface area contributed by atoms with Crippen molar-refractivity contribution < 1.29 is 24.5 Å². The van der Waals surface area contributed by atoms with Gasteiger partial charge in [0.25, 0.3) is 0 Å². The summed E-state index contributed by atoms with van der Waals surface area (Å²) in [6.07, 6.45) is 74.8. The number of aliphatic hydroxyl groups excluding tert-OH is 2. The molecule has 0 heterocycles. The summed E-state index contributed by atoms with van der Waals surface area (Å²) in [5, 5.41) is 23.4. The average Bonchev–Trinajstić information content (AvgIpc) is 3.37. The zero-order chi connectivity index (χ0) is 51.4. The van der Waals surface area contributed by atoms with Gasteiger partial charge in [0.05, 0.1) is 25.4 Å². The topological polar surface area (TPSA) is 95.9 Å². The second-order valence-corrected chi connectivity index (χ2v) is 22.1. The predicted molar refractivity (Wildman–Crippen MR) is 310 cm³/mol. The molecule has 2 unspecified atom stereocenters. The highest BCUT2D eigenvalue weighted by atomic mass is 16.5. The normalized spacial score (nSPS) is 12.7. The van der Waals surface area contributed by atoms with E-state index in [1.165, 1.54) is 244 Å². The van der Waals surface area contributed by atoms with Crippen LogP contribution in [0.5, 0.6) is 0 Å². The number of rotatable bonds is 60. The fraction of sp³-hybridized carbons (Fsp3) is 0.908. The van der Waals surface area contributed by atoms with Crippen molar-refractivity contribution in [2.24, 2.45) is 0 Å². The Morgan fingerprint density at radius 1 is 0.394 bits per heavy atom. The van der Waals surface area contributed by atoms with Gasteiger partial charge in [-0.1, -0.05) is 308 Å². The molecule has 0 aromatic heterocycles. The summed E-state index contributed by atoms with van der Waals surface area (Å²) in [7, 11) is 0. The van der Waals surface area contributed by atoms with Gasteiger partial charge < -0.3 is 20.3 Å². The Labute approximate surface area is 443 Å². The molecule has 1 amide bonds. The summed E-state index contributed by atoms with van der Waals surface area (Å²) in [5.74, 6) is -0.0708. The van der Waals surface area contributed by atoms with Crippen molar-refractivity contribution in [1.29, 1.82) is 0 Å². The Bertz CT molecular complexity index is 1110. The van der Waals surface area contributed by atoms with Gasteiger partial charge >= 0.3 is 5.97 Å². The minimum Gasteiger partial charge on any atom is -0.466 e. The van der Waals surface area contributed by atoms with E-state index in [0.29, 0.717) is 25.9 Å². The van der Waals surface area contributed by atoms with Crippen molar-refractivity contribution in [2.45, 2.75) is 366 Å². The van der Waals surface area contributed by atoms with Gasteiger partial charge in [0, 0.05) is 12.8 Å². The number of allylic oxidation sites excluding steroid dienone is 4. The first-order valence-corrected chi connectivity index (χ1v) is 32.1. The lowest BCUT2D eigenvalue weighted by atomic mass is 10.0. The molecular formula is C65H125NO5. The van der Waals surface area contributed by atoms with E-state index in [1.54, 1.807) is 0 Å². The van der Waals surface area contributed by atoms with Crippen LogP contribution in [0.25, 0.3) is 0 Å². The first kappa shape index (κ1) is 69.3. The van der Waals surface area contributed by atoms with E-state index in [2.05, 4.69) is 43.5 Å². The molecule has 3 N–H and O–H groups in total. The van der Waals surface area contributed by atoms with Gasteiger partial charge in [-0.2, -0.15) is 0 Å². The third-order valence-electron chi connectivity index (χ3n) is 15.0. The summed E-state index contributed by atoms with van der Waals surface area (Å²) in [6, 6.07) is -0.559. The first-order chi connectivity index (χ1) is 35.0. The molecule has 0 fully saturated rings. The molecule has 0 aromatic rings. The lowest BCUT2D eigenvalue weighted by Gasteiger charge is -2.22. The summed E-state index contributed by atoms with van der Waals surface area (Å²) >= 11 is 0. The minimum absolute atomic E-state index is 0.0172. The maximum atomic E-state index is 12.5. The molecule has 0 saturated carbocycles. The standard InChI is InChI=1S/C65H125NO5/c1-3-5-7-9-11-13-15-17-19-21-22-23-24-25-26-27-29-33-37-41-45-49-53-57-63(68)62(61-67)66-64(69)58-54-50-46-42-38-34-30-28-32-36-40-44-48-52-56-60-71-65(70)59-55-51-47-43-39-35-31-20-18-16-14-12-10-8-6-4-2/h28,32,36,40,62-63,67-68H,3-27,29-31,33-35,37-39,41-61H2,1-2H3,(H,66,69)/b32-28-,40-36-. The van der Waals surface area contributed by atoms with Crippen molar-refractivity contribution in [2.75, 3.05) is 13.2 Å². The summed E-state index contributed by atoms with van der Waals surface area (Å²) in [4.78, 5) is 24.6. The van der Waals surface area contributed by atoms with Crippen LogP contribution in [0.2, 0.25) is 0 Å². The molecule has 6 heteroatoms. The van der Waals surface area contributed by atoms with Crippen LogP contribution in [0.15, 0.2) is 24.3 Å². The van der Waals surface area contributed by atoms with Gasteiger partial charge in [-0.3, -0.25) is 9.59 Å². The van der Waals surface area contributed by atoms with E-state index < -0.39 is 12.1 Å². The van der Waals surface area contributed by atoms with E-state index in [4.69, 9.17) is 4.74 Å². The van der Waals surface area contributed by atoms with Crippen LogP contribution >= 0.6 is 0 Å². The third-order valence-corrected chi connectivity index (χ3v) is 15.0. The van der Waals surface area contributed by atoms with Crippen molar-refractivity contribution in [1.82, 2.24) is 5.32 Å². The van der Waals surface area contributed by atoms with Gasteiger partial charge in [-0.05, 0) is 57.8 Å². The van der Waals surface area contributed by atoms with Gasteiger partial charge in [-0.15, -0.1) is 0 Å². The van der Waals surface area contributed by atoms with Crippen LogP contribution in [-0.4, -0.2) is 47.4 Å². The van der Waals surface area contributed by atoms with E-state index in [-0.39, 0.29) is 18.5 Å². The molecule has 0 aliphatic carbocycles. The summed E-state index contributed by atoms with van der Waals surface area (Å²) in [5.41, 5.74) is 0. The zero-order valence-corrected chi connectivity index (χ0v) is 48.0. The third kappa shape index (κ3) is 57.5. The lowest BCUT2D eigenvalue weighted by Crippen LogP contribution is -2.45. The largest absolute Gasteiger partial charge is 0.466 e. The maximum absolute atomic E-state index is 12.5. The fourth-order valence-corrected chi connectivity index (χ4v) is 10.1. The number of unbranched alkanes of at least 4 members (excludes halogenated alkanes) is 46. The van der Waals surface area contributed by atoms with E-state index >= 15 is 0 Å². The van der Waals surface area contributed by atoms with Crippen molar-refractivity contribution in [3.05, 3.63) is 24.3 Å².